The molecule has 1 fully saturated rings. The van der Waals surface area contributed by atoms with Crippen molar-refractivity contribution in [2.45, 2.75) is 32.3 Å². The molecule has 0 aromatic heterocycles. The Labute approximate surface area is 151 Å². The largest absolute Gasteiger partial charge is 0.483 e. The van der Waals surface area contributed by atoms with Gasteiger partial charge in [0.25, 0.3) is 0 Å². The molecule has 0 radical (unpaired) electrons. The van der Waals surface area contributed by atoms with E-state index >= 15 is 0 Å². The summed E-state index contributed by atoms with van der Waals surface area (Å²) in [4.78, 5) is 10.9. The Hall–Kier alpha value is -2.82. The number of ether oxygens (including phenoxy) is 1. The van der Waals surface area contributed by atoms with E-state index in [1.165, 1.54) is 17.7 Å². The molecule has 4 nitrogen and oxygen atoms in total. The van der Waals surface area contributed by atoms with Crippen LogP contribution in [0.5, 0.6) is 5.75 Å². The van der Waals surface area contributed by atoms with E-state index in [1.807, 2.05) is 19.9 Å². The molecule has 4 rings (SSSR count). The molecule has 26 heavy (non-hydrogen) atoms. The number of halogens is 1. The van der Waals surface area contributed by atoms with Gasteiger partial charge in [0.15, 0.2) is 0 Å². The molecule has 5 heteroatoms. The van der Waals surface area contributed by atoms with E-state index in [0.717, 1.165) is 29.5 Å². The van der Waals surface area contributed by atoms with Crippen LogP contribution in [0.25, 0.3) is 5.57 Å². The maximum Gasteiger partial charge on any atom is 0.409 e. The molecule has 0 atom stereocenters. The minimum absolute atomic E-state index is 0.269. The quantitative estimate of drug-likeness (QED) is 0.787. The van der Waals surface area contributed by atoms with Crippen molar-refractivity contribution < 1.29 is 19.0 Å². The Morgan fingerprint density at radius 3 is 2.50 bits per heavy atom. The van der Waals surface area contributed by atoms with Gasteiger partial charge in [0.05, 0.1) is 0 Å². The Kier molecular flexibility index (Phi) is 3.75. The zero-order valence-electron chi connectivity index (χ0n) is 14.7. The first-order valence-electron chi connectivity index (χ1n) is 8.69. The third-order valence-electron chi connectivity index (χ3n) is 4.90. The lowest BCUT2D eigenvalue weighted by Crippen LogP contribution is -2.36. The molecular formula is C21H20FNO3. The van der Waals surface area contributed by atoms with Crippen LogP contribution in [0.1, 0.15) is 37.8 Å². The number of amides is 1. The molecule has 1 amide bonds. The van der Waals surface area contributed by atoms with Gasteiger partial charge in [-0.2, -0.15) is 0 Å². The highest BCUT2D eigenvalue weighted by atomic mass is 19.1. The number of benzene rings is 2. The summed E-state index contributed by atoms with van der Waals surface area (Å²) in [5, 5.41) is 11.3. The van der Waals surface area contributed by atoms with Gasteiger partial charge in [-0.1, -0.05) is 12.1 Å². The monoisotopic (exact) mass is 353 g/mol. The molecule has 1 aliphatic heterocycles. The zero-order valence-corrected chi connectivity index (χ0v) is 14.7. The van der Waals surface area contributed by atoms with Crippen molar-refractivity contribution in [3.8, 4) is 5.75 Å². The molecule has 2 aliphatic rings. The predicted molar refractivity (Wildman–Crippen MR) is 97.9 cm³/mol. The van der Waals surface area contributed by atoms with E-state index in [4.69, 9.17) is 9.84 Å². The number of carboxylic acid groups (broad SMARTS) is 1. The lowest BCUT2D eigenvalue weighted by molar-refractivity contribution is 0.138. The van der Waals surface area contributed by atoms with E-state index < -0.39 is 11.7 Å². The average molecular weight is 353 g/mol. The molecule has 1 saturated carbocycles. The van der Waals surface area contributed by atoms with Crippen LogP contribution < -0.4 is 10.1 Å². The zero-order chi connectivity index (χ0) is 18.5. The van der Waals surface area contributed by atoms with Gasteiger partial charge in [-0.3, -0.25) is 5.32 Å². The van der Waals surface area contributed by atoms with Crippen molar-refractivity contribution in [2.24, 2.45) is 5.92 Å². The van der Waals surface area contributed by atoms with Crippen molar-refractivity contribution in [3.05, 3.63) is 65.0 Å². The van der Waals surface area contributed by atoms with Crippen molar-refractivity contribution in [1.82, 2.24) is 0 Å². The highest BCUT2D eigenvalue weighted by molar-refractivity contribution is 5.90. The third-order valence-corrected chi connectivity index (χ3v) is 4.90. The second kappa shape index (κ2) is 5.87. The predicted octanol–water partition coefficient (Wildman–Crippen LogP) is 5.30. The molecule has 2 aromatic rings. The van der Waals surface area contributed by atoms with Gasteiger partial charge in [-0.05, 0) is 73.6 Å². The van der Waals surface area contributed by atoms with Gasteiger partial charge in [-0.25, -0.2) is 9.18 Å². The Balaban J connectivity index is 1.91. The Morgan fingerprint density at radius 1 is 1.19 bits per heavy atom. The van der Waals surface area contributed by atoms with E-state index in [9.17, 15) is 9.18 Å². The number of rotatable bonds is 3. The van der Waals surface area contributed by atoms with E-state index in [2.05, 4.69) is 5.32 Å². The van der Waals surface area contributed by atoms with Crippen molar-refractivity contribution in [1.29, 1.82) is 0 Å². The summed E-state index contributed by atoms with van der Waals surface area (Å²) in [5.41, 5.74) is 4.11. The molecule has 0 bridgehead atoms. The van der Waals surface area contributed by atoms with Gasteiger partial charge >= 0.3 is 6.09 Å². The van der Waals surface area contributed by atoms with Crippen LogP contribution in [0.15, 0.2) is 48.0 Å². The lowest BCUT2D eigenvalue weighted by Gasteiger charge is -2.38. The number of anilines is 1. The van der Waals surface area contributed by atoms with Crippen LogP contribution in [-0.2, 0) is 0 Å². The van der Waals surface area contributed by atoms with Crippen LogP contribution in [0.2, 0.25) is 0 Å². The minimum atomic E-state index is -1.12. The molecule has 2 N–H and O–H groups in total. The normalized spacial score (nSPS) is 18.1. The number of fused-ring (bicyclic) bond motifs is 1. The number of hydrogen-bond acceptors (Lipinski definition) is 2. The molecule has 2 aromatic carbocycles. The van der Waals surface area contributed by atoms with Crippen LogP contribution in [0, 0.1) is 11.7 Å². The van der Waals surface area contributed by atoms with Crippen LogP contribution in [0.4, 0.5) is 14.9 Å². The van der Waals surface area contributed by atoms with Gasteiger partial charge < -0.3 is 9.84 Å². The van der Waals surface area contributed by atoms with Gasteiger partial charge in [-0.15, -0.1) is 0 Å². The van der Waals surface area contributed by atoms with E-state index in [1.54, 1.807) is 24.3 Å². The Bertz CT molecular complexity index is 911. The second-order valence-electron chi connectivity index (χ2n) is 7.32. The molecular weight excluding hydrogens is 333 g/mol. The molecule has 134 valence electrons. The van der Waals surface area contributed by atoms with Crippen molar-refractivity contribution in [3.63, 3.8) is 0 Å². The Morgan fingerprint density at radius 2 is 1.88 bits per heavy atom. The first-order valence-corrected chi connectivity index (χ1v) is 8.69. The topological polar surface area (TPSA) is 58.6 Å². The fraction of sp³-hybridized carbons (Fsp3) is 0.286. The molecule has 0 spiro atoms. The number of hydrogen-bond donors (Lipinski definition) is 2. The second-order valence-corrected chi connectivity index (χ2v) is 7.32. The molecule has 0 saturated heterocycles. The summed E-state index contributed by atoms with van der Waals surface area (Å²) in [6.07, 6.45) is 1.13. The van der Waals surface area contributed by atoms with Crippen molar-refractivity contribution >= 4 is 17.4 Å². The summed E-state index contributed by atoms with van der Waals surface area (Å²) in [7, 11) is 0. The van der Waals surface area contributed by atoms with Gasteiger partial charge in [0, 0.05) is 17.3 Å². The third kappa shape index (κ3) is 2.94. The SMILES string of the molecule is CC1(C)Oc2cc(NC(=O)O)ccc2C(c2ccc(F)cc2)=C1C1CC1. The summed E-state index contributed by atoms with van der Waals surface area (Å²) >= 11 is 0. The van der Waals surface area contributed by atoms with E-state index in [-0.39, 0.29) is 5.82 Å². The van der Waals surface area contributed by atoms with Crippen LogP contribution in [0.3, 0.4) is 0 Å². The fourth-order valence-corrected chi connectivity index (χ4v) is 3.79. The molecule has 1 heterocycles. The summed E-state index contributed by atoms with van der Waals surface area (Å²) in [6, 6.07) is 11.8. The lowest BCUT2D eigenvalue weighted by atomic mass is 9.80. The minimum Gasteiger partial charge on any atom is -0.483 e. The maximum atomic E-state index is 13.4. The smallest absolute Gasteiger partial charge is 0.409 e. The molecule has 1 aliphatic carbocycles. The highest BCUT2D eigenvalue weighted by Crippen LogP contribution is 2.52. The van der Waals surface area contributed by atoms with Crippen LogP contribution in [-0.4, -0.2) is 16.8 Å². The first kappa shape index (κ1) is 16.6. The highest BCUT2D eigenvalue weighted by Gasteiger charge is 2.43. The molecule has 0 unspecified atom stereocenters. The van der Waals surface area contributed by atoms with Crippen LogP contribution >= 0.6 is 0 Å². The first-order chi connectivity index (χ1) is 12.3. The maximum absolute atomic E-state index is 13.4. The summed E-state index contributed by atoms with van der Waals surface area (Å²) in [5.74, 6) is 0.829. The van der Waals surface area contributed by atoms with Crippen molar-refractivity contribution in [2.75, 3.05) is 5.32 Å². The fourth-order valence-electron chi connectivity index (χ4n) is 3.79. The van der Waals surface area contributed by atoms with Gasteiger partial charge in [0.1, 0.15) is 17.2 Å². The summed E-state index contributed by atoms with van der Waals surface area (Å²) < 4.78 is 19.7. The summed E-state index contributed by atoms with van der Waals surface area (Å²) in [6.45, 7) is 4.06. The van der Waals surface area contributed by atoms with E-state index in [0.29, 0.717) is 17.4 Å². The number of nitrogens with one attached hydrogen (secondary N) is 1. The number of carbonyl (C=O) groups is 1. The average Bonchev–Trinajstić information content (AvgIpc) is 3.37. The standard InChI is InChI=1S/C21H20FNO3/c1-21(2)19(13-3-4-13)18(12-5-7-14(22)8-6-12)16-10-9-15(23-20(24)25)11-17(16)26-21/h5-11,13,23H,3-4H2,1-2H3,(H,24,25). The van der Waals surface area contributed by atoms with Gasteiger partial charge in [0.2, 0.25) is 0 Å².